The summed E-state index contributed by atoms with van der Waals surface area (Å²) in [5.74, 6) is 0.0591. The molecule has 2 amide bonds. The van der Waals surface area contributed by atoms with Crippen LogP contribution in [0.25, 0.3) is 0 Å². The molecule has 20 nitrogen and oxygen atoms in total. The number of hydrogen-bond donors (Lipinski definition) is 1. The second kappa shape index (κ2) is 47.8. The normalized spacial score (nSPS) is 22.0. The van der Waals surface area contributed by atoms with E-state index in [1.807, 2.05) is 74.5 Å². The van der Waals surface area contributed by atoms with Gasteiger partial charge in [-0.15, -0.1) is 0 Å². The average Bonchev–Trinajstić information content (AvgIpc) is 1.62. The number of amides is 2. The number of ether oxygens (including phenoxy) is 16. The van der Waals surface area contributed by atoms with E-state index in [1.54, 1.807) is 26.4 Å². The van der Waals surface area contributed by atoms with Crippen molar-refractivity contribution in [3.05, 3.63) is 136 Å². The van der Waals surface area contributed by atoms with Gasteiger partial charge in [-0.2, -0.15) is 0 Å². The molecule has 4 aromatic carbocycles. The van der Waals surface area contributed by atoms with Gasteiger partial charge in [-0.1, -0.05) is 153 Å². The molecule has 8 saturated heterocycles. The number of rotatable bonds is 34. The van der Waals surface area contributed by atoms with Crippen LogP contribution in [0.2, 0.25) is 0 Å². The highest BCUT2D eigenvalue weighted by Gasteiger charge is 2.51. The predicted octanol–water partition coefficient (Wildman–Crippen LogP) is 15.6. The summed E-state index contributed by atoms with van der Waals surface area (Å²) in [6, 6.07) is 31.7. The molecule has 1 saturated carbocycles. The minimum absolute atomic E-state index is 0.00799. The van der Waals surface area contributed by atoms with Crippen molar-refractivity contribution in [1.29, 1.82) is 0 Å². The summed E-state index contributed by atoms with van der Waals surface area (Å²) in [5, 5.41) is 2.30. The molecule has 0 spiro atoms. The average molecular weight is 1500 g/mol. The van der Waals surface area contributed by atoms with E-state index in [9.17, 15) is 14.4 Å². The molecular weight excluding hydrogens is 1360 g/mol. The smallest absolute Gasteiger partial charge is 0.338 e. The van der Waals surface area contributed by atoms with E-state index < -0.39 is 0 Å². The SMILES string of the molecule is CC(C)(C)OCC1CO1.CC(C)(C)c1ccc(C(=O)OCC2CO2)cc1.CC(C)OCC1CO1.CCCCCCC1CO1.CCCOCC1CO1.COC(CCCCOCC1CO1)OC.Cc1ccc(CCC2(C(C)(C)C)CC2)cc1.O=C1NC(=O)c2c(CC3CO3)cccc21.c1ccc(OCC2CO2)cc1. The zero-order chi connectivity index (χ0) is 77.7. The van der Waals surface area contributed by atoms with Gasteiger partial charge in [-0.3, -0.25) is 14.9 Å². The fourth-order valence-electron chi connectivity index (χ4n) is 10.7. The van der Waals surface area contributed by atoms with Gasteiger partial charge in [0.25, 0.3) is 11.8 Å². The molecule has 0 bridgehead atoms. The minimum Gasteiger partial charge on any atom is -0.491 e. The summed E-state index contributed by atoms with van der Waals surface area (Å²) in [6.07, 6.45) is 20.4. The van der Waals surface area contributed by atoms with Crippen LogP contribution in [0, 0.1) is 17.8 Å². The second-order valence-electron chi connectivity index (χ2n) is 32.2. The molecule has 10 aliphatic rings. The first-order valence-electron chi connectivity index (χ1n) is 39.6. The third-order valence-electron chi connectivity index (χ3n) is 18.7. The van der Waals surface area contributed by atoms with Gasteiger partial charge in [-0.25, -0.2) is 4.79 Å². The van der Waals surface area contributed by atoms with E-state index in [1.165, 1.54) is 74.5 Å². The minimum atomic E-state index is -0.298. The number of unbranched alkanes of at least 4 members (excludes halogenated alkanes) is 4. The summed E-state index contributed by atoms with van der Waals surface area (Å²) in [5.41, 5.74) is 7.79. The number of esters is 1. The first-order chi connectivity index (χ1) is 51.2. The van der Waals surface area contributed by atoms with Gasteiger partial charge in [-0.05, 0) is 163 Å². The predicted molar refractivity (Wildman–Crippen MR) is 417 cm³/mol. The van der Waals surface area contributed by atoms with Gasteiger partial charge in [0, 0.05) is 33.9 Å². The summed E-state index contributed by atoms with van der Waals surface area (Å²) in [7, 11) is 3.32. The van der Waals surface area contributed by atoms with Gasteiger partial charge >= 0.3 is 5.97 Å². The van der Waals surface area contributed by atoms with Gasteiger partial charge in [0.15, 0.2) is 6.29 Å². The molecule has 0 radical (unpaired) electrons. The van der Waals surface area contributed by atoms with Crippen molar-refractivity contribution < 1.29 is 90.2 Å². The molecular formula is C87H135NO19. The zero-order valence-electron chi connectivity index (χ0n) is 68.0. The van der Waals surface area contributed by atoms with Crippen LogP contribution in [0.3, 0.4) is 0 Å². The second-order valence-corrected chi connectivity index (χ2v) is 32.2. The fourth-order valence-corrected chi connectivity index (χ4v) is 10.7. The van der Waals surface area contributed by atoms with E-state index in [0.717, 1.165) is 123 Å². The largest absolute Gasteiger partial charge is 0.491 e. The summed E-state index contributed by atoms with van der Waals surface area (Å²) in [4.78, 5) is 34.6. The Morgan fingerprint density at radius 2 is 1.09 bits per heavy atom. The molecule has 4 aromatic rings. The Morgan fingerprint density at radius 1 is 0.551 bits per heavy atom. The van der Waals surface area contributed by atoms with Crippen molar-refractivity contribution in [1.82, 2.24) is 5.32 Å². The zero-order valence-corrected chi connectivity index (χ0v) is 68.0. The molecule has 1 N–H and O–H groups in total. The Kier molecular flexibility index (Phi) is 40.5. The molecule has 0 aromatic heterocycles. The van der Waals surface area contributed by atoms with Crippen molar-refractivity contribution in [2.75, 3.05) is 120 Å². The number of fused-ring (bicyclic) bond motifs is 1. The lowest BCUT2D eigenvalue weighted by molar-refractivity contribution is -0.107. The van der Waals surface area contributed by atoms with Gasteiger partial charge in [0.2, 0.25) is 0 Å². The number of hydrogen-bond acceptors (Lipinski definition) is 19. The van der Waals surface area contributed by atoms with Crippen LogP contribution in [-0.4, -0.2) is 205 Å². The lowest BCUT2D eigenvalue weighted by Gasteiger charge is -2.31. The molecule has 8 unspecified atom stereocenters. The molecule has 9 aliphatic heterocycles. The summed E-state index contributed by atoms with van der Waals surface area (Å²) in [6.45, 7) is 43.0. The summed E-state index contributed by atoms with van der Waals surface area (Å²) >= 11 is 0. The maximum atomic E-state index is 11.7. The lowest BCUT2D eigenvalue weighted by atomic mass is 9.74. The van der Waals surface area contributed by atoms with Crippen molar-refractivity contribution in [2.45, 2.75) is 259 Å². The highest BCUT2D eigenvalue weighted by atomic mass is 16.7. The number of carbonyl (C=O) groups is 3. The van der Waals surface area contributed by atoms with Crippen molar-refractivity contribution in [3.8, 4) is 5.75 Å². The standard InChI is InChI=1S/C16H24.C14H18O3.C11H9NO3.C10H20O4.C9H10O2.C8H16O.C7H14O2.2C6H12O2/c1-13-5-7-14(8-6-13)9-10-16(11-12-16)15(2,3)4;1-14(2,3)11-6-4-10(5-7-11)13(15)17-9-12-8-16-12;13-10-8-3-1-2-6(4-7-5-15-7)9(8)11(14)12-10;1-11-10(12-2)5-3-4-6-13-7-9-8-14-9;1-2-4-8(5-3-1)10-6-9-7-11-9;1-2-3-4-5-6-8-7-9-8;1-7(2,3)9-5-6-4-8-6;1-5(2)7-3-6-4-8-6;1-2-3-7-4-6-5-8-6/h5-8H,9-12H2,1-4H3;4-7,12H,8-9H2,1-3H3;1-3,7H,4-5H2,(H,12,13,14);9-10H,3-8H2,1-2H3;1-5,9H,6-7H2;8H,2-7H2,1H3;6H,4-5H2,1-3H3;5-6H,3-4H2,1-2H3;6H,2-5H2,1H3. The Bertz CT molecular complexity index is 3050. The number of nitrogens with one attached hydrogen (secondary N) is 1. The first kappa shape index (κ1) is 90.6. The van der Waals surface area contributed by atoms with Crippen LogP contribution < -0.4 is 10.1 Å². The molecule has 8 atom stereocenters. The molecule has 9 fully saturated rings. The molecule has 20 heteroatoms. The van der Waals surface area contributed by atoms with Crippen molar-refractivity contribution in [3.63, 3.8) is 0 Å². The number of methoxy groups -OCH3 is 2. The van der Waals surface area contributed by atoms with Crippen LogP contribution in [0.4, 0.5) is 0 Å². The van der Waals surface area contributed by atoms with E-state index in [4.69, 9.17) is 75.8 Å². The Balaban J connectivity index is 0.000000191. The van der Waals surface area contributed by atoms with E-state index in [2.05, 4.69) is 113 Å². The number of benzene rings is 4. The highest BCUT2D eigenvalue weighted by Crippen LogP contribution is 2.61. The van der Waals surface area contributed by atoms with Crippen LogP contribution >= 0.6 is 0 Å². The van der Waals surface area contributed by atoms with E-state index in [-0.39, 0.29) is 47.3 Å². The third kappa shape index (κ3) is 42.6. The first-order valence-corrected chi connectivity index (χ1v) is 39.6. The Morgan fingerprint density at radius 3 is 1.60 bits per heavy atom. The number of aryl methyl sites for hydroxylation is 2. The maximum absolute atomic E-state index is 11.7. The van der Waals surface area contributed by atoms with Crippen LogP contribution in [0.15, 0.2) is 97.1 Å². The van der Waals surface area contributed by atoms with Crippen molar-refractivity contribution >= 4 is 17.8 Å². The van der Waals surface area contributed by atoms with Gasteiger partial charge < -0.3 is 75.8 Å². The quantitative estimate of drug-likeness (QED) is 0.0150. The third-order valence-corrected chi connectivity index (χ3v) is 18.7. The summed E-state index contributed by atoms with van der Waals surface area (Å²) < 4.78 is 82.0. The molecule has 1 aliphatic carbocycles. The number of para-hydroxylation sites is 1. The van der Waals surface area contributed by atoms with E-state index in [0.29, 0.717) is 96.5 Å². The molecule has 602 valence electrons. The van der Waals surface area contributed by atoms with Crippen LogP contribution in [0.5, 0.6) is 5.75 Å². The van der Waals surface area contributed by atoms with Crippen LogP contribution in [-0.2, 0) is 89.3 Å². The highest BCUT2D eigenvalue weighted by molar-refractivity contribution is 6.22. The van der Waals surface area contributed by atoms with Gasteiger partial charge in [0.1, 0.15) is 55.6 Å². The van der Waals surface area contributed by atoms with E-state index >= 15 is 0 Å². The molecule has 107 heavy (non-hydrogen) atoms. The van der Waals surface area contributed by atoms with Crippen molar-refractivity contribution in [2.24, 2.45) is 10.8 Å². The van der Waals surface area contributed by atoms with Gasteiger partial charge in [0.05, 0.1) is 120 Å². The number of imide groups is 1. The number of carbonyl (C=O) groups excluding carboxylic acids is 3. The number of epoxide rings is 8. The van der Waals surface area contributed by atoms with Crippen LogP contribution in [0.1, 0.15) is 220 Å². The maximum Gasteiger partial charge on any atom is 0.338 e. The fraction of sp³-hybridized carbons (Fsp3) is 0.690. The molecule has 14 rings (SSSR count). The lowest BCUT2D eigenvalue weighted by Crippen LogP contribution is -2.22. The Hall–Kier alpha value is -5.27. The molecule has 9 heterocycles. The Labute approximate surface area is 641 Å². The monoisotopic (exact) mass is 1500 g/mol. The topological polar surface area (TPSA) is 237 Å².